The zero-order valence-corrected chi connectivity index (χ0v) is 13.0. The topological polar surface area (TPSA) is 72.6 Å². The highest BCUT2D eigenvalue weighted by Gasteiger charge is 2.34. The van der Waals surface area contributed by atoms with E-state index < -0.39 is 10.0 Å². The van der Waals surface area contributed by atoms with Crippen LogP contribution in [0.1, 0.15) is 24.5 Å². The third-order valence-corrected chi connectivity index (χ3v) is 5.95. The minimum atomic E-state index is -3.50. The Morgan fingerprint density at radius 3 is 2.50 bits per heavy atom. The highest BCUT2D eigenvalue weighted by atomic mass is 32.2. The molecule has 2 rings (SSSR count). The van der Waals surface area contributed by atoms with Gasteiger partial charge in [0, 0.05) is 18.3 Å². The molecule has 1 unspecified atom stereocenters. The number of ether oxygens (including phenoxy) is 1. The van der Waals surface area contributed by atoms with Crippen molar-refractivity contribution >= 4 is 15.7 Å². The van der Waals surface area contributed by atoms with Crippen molar-refractivity contribution in [2.75, 3.05) is 25.5 Å². The Morgan fingerprint density at radius 1 is 1.35 bits per heavy atom. The number of aryl methyl sites for hydroxylation is 2. The number of morpholine rings is 1. The first kappa shape index (κ1) is 15.3. The van der Waals surface area contributed by atoms with Gasteiger partial charge in [-0.3, -0.25) is 0 Å². The van der Waals surface area contributed by atoms with Crippen molar-refractivity contribution in [2.45, 2.75) is 38.1 Å². The third-order valence-electron chi connectivity index (χ3n) is 3.69. The first-order valence-corrected chi connectivity index (χ1v) is 8.28. The van der Waals surface area contributed by atoms with Crippen molar-refractivity contribution in [3.63, 3.8) is 0 Å². The van der Waals surface area contributed by atoms with Gasteiger partial charge in [0.15, 0.2) is 0 Å². The third kappa shape index (κ3) is 2.68. The lowest BCUT2D eigenvalue weighted by Crippen LogP contribution is -2.48. The summed E-state index contributed by atoms with van der Waals surface area (Å²) in [5, 5.41) is 0. The first-order chi connectivity index (χ1) is 9.37. The van der Waals surface area contributed by atoms with Crippen LogP contribution in [0.3, 0.4) is 0 Å². The summed E-state index contributed by atoms with van der Waals surface area (Å²) < 4.78 is 32.8. The van der Waals surface area contributed by atoms with Crippen LogP contribution in [0.5, 0.6) is 0 Å². The van der Waals surface area contributed by atoms with Gasteiger partial charge in [-0.1, -0.05) is 6.92 Å². The number of benzene rings is 1. The maximum atomic E-state index is 12.9. The molecule has 0 aromatic heterocycles. The lowest BCUT2D eigenvalue weighted by atomic mass is 10.1. The average molecular weight is 298 g/mol. The SMILES string of the molecule is CCC1COCCN1S(=O)(=O)c1c(C)cc(N)cc1C. The fourth-order valence-electron chi connectivity index (χ4n) is 2.79. The summed E-state index contributed by atoms with van der Waals surface area (Å²) >= 11 is 0. The lowest BCUT2D eigenvalue weighted by molar-refractivity contribution is 0.0314. The number of hydrogen-bond acceptors (Lipinski definition) is 4. The van der Waals surface area contributed by atoms with Crippen LogP contribution in [0.25, 0.3) is 0 Å². The highest BCUT2D eigenvalue weighted by molar-refractivity contribution is 7.89. The molecule has 112 valence electrons. The summed E-state index contributed by atoms with van der Waals surface area (Å²) in [6, 6.07) is 3.33. The number of rotatable bonds is 3. The Morgan fingerprint density at radius 2 is 1.95 bits per heavy atom. The fourth-order valence-corrected chi connectivity index (χ4v) is 4.87. The van der Waals surface area contributed by atoms with Crippen LogP contribution in [0.4, 0.5) is 5.69 Å². The summed E-state index contributed by atoms with van der Waals surface area (Å²) in [6.45, 7) is 6.87. The van der Waals surface area contributed by atoms with Crippen molar-refractivity contribution < 1.29 is 13.2 Å². The zero-order chi connectivity index (χ0) is 14.9. The number of nitrogen functional groups attached to an aromatic ring is 1. The Kier molecular flexibility index (Phi) is 4.36. The number of anilines is 1. The monoisotopic (exact) mass is 298 g/mol. The van der Waals surface area contributed by atoms with E-state index in [0.717, 1.165) is 6.42 Å². The van der Waals surface area contributed by atoms with Crippen molar-refractivity contribution in [2.24, 2.45) is 0 Å². The average Bonchev–Trinajstić information content (AvgIpc) is 2.37. The van der Waals surface area contributed by atoms with Crippen LogP contribution in [0.15, 0.2) is 17.0 Å². The maximum absolute atomic E-state index is 12.9. The van der Waals surface area contributed by atoms with Crippen molar-refractivity contribution in [3.8, 4) is 0 Å². The predicted octanol–water partition coefficient (Wildman–Crippen LogP) is 1.69. The molecule has 5 nitrogen and oxygen atoms in total. The molecule has 0 spiro atoms. The summed E-state index contributed by atoms with van der Waals surface area (Å²) in [5.74, 6) is 0. The van der Waals surface area contributed by atoms with E-state index in [2.05, 4.69) is 0 Å². The Labute approximate surface area is 120 Å². The van der Waals surface area contributed by atoms with Gasteiger partial charge in [0.1, 0.15) is 0 Å². The normalized spacial score (nSPS) is 21.1. The Hall–Kier alpha value is -1.11. The number of nitrogens with two attached hydrogens (primary N) is 1. The van der Waals surface area contributed by atoms with Gasteiger partial charge < -0.3 is 10.5 Å². The predicted molar refractivity (Wildman–Crippen MR) is 79.1 cm³/mol. The van der Waals surface area contributed by atoms with E-state index in [9.17, 15) is 8.42 Å². The minimum absolute atomic E-state index is 0.0925. The van der Waals surface area contributed by atoms with Crippen LogP contribution < -0.4 is 5.73 Å². The zero-order valence-electron chi connectivity index (χ0n) is 12.2. The van der Waals surface area contributed by atoms with Crippen LogP contribution in [0.2, 0.25) is 0 Å². The van der Waals surface area contributed by atoms with E-state index in [0.29, 0.717) is 41.5 Å². The van der Waals surface area contributed by atoms with Gasteiger partial charge in [-0.15, -0.1) is 0 Å². The van der Waals surface area contributed by atoms with E-state index >= 15 is 0 Å². The molecule has 1 fully saturated rings. The molecule has 1 heterocycles. The van der Waals surface area contributed by atoms with Crippen molar-refractivity contribution in [3.05, 3.63) is 23.3 Å². The molecule has 6 heteroatoms. The molecule has 0 amide bonds. The minimum Gasteiger partial charge on any atom is -0.399 e. The molecule has 20 heavy (non-hydrogen) atoms. The molecule has 1 saturated heterocycles. The summed E-state index contributed by atoms with van der Waals surface area (Å²) in [5.41, 5.74) is 7.76. The van der Waals surface area contributed by atoms with Gasteiger partial charge in [-0.05, 0) is 43.5 Å². The van der Waals surface area contributed by atoms with Crippen LogP contribution >= 0.6 is 0 Å². The molecule has 1 atom stereocenters. The molecule has 2 N–H and O–H groups in total. The van der Waals surface area contributed by atoms with E-state index in [1.807, 2.05) is 6.92 Å². The molecule has 0 bridgehead atoms. The largest absolute Gasteiger partial charge is 0.399 e. The van der Waals surface area contributed by atoms with E-state index in [1.165, 1.54) is 0 Å². The second-order valence-electron chi connectivity index (χ2n) is 5.24. The smallest absolute Gasteiger partial charge is 0.244 e. The van der Waals surface area contributed by atoms with Gasteiger partial charge >= 0.3 is 0 Å². The quantitative estimate of drug-likeness (QED) is 0.862. The van der Waals surface area contributed by atoms with E-state index in [-0.39, 0.29) is 6.04 Å². The highest BCUT2D eigenvalue weighted by Crippen LogP contribution is 2.28. The second kappa shape index (κ2) is 5.71. The Balaban J connectivity index is 2.49. The number of nitrogens with zero attached hydrogens (tertiary/aromatic N) is 1. The molecule has 1 aromatic carbocycles. The standard InChI is InChI=1S/C14H22N2O3S/c1-4-13-9-19-6-5-16(13)20(17,18)14-10(2)7-12(15)8-11(14)3/h7-8,13H,4-6,9,15H2,1-3H3. The molecule has 0 aliphatic carbocycles. The van der Waals surface area contributed by atoms with E-state index in [4.69, 9.17) is 10.5 Å². The van der Waals surface area contributed by atoms with E-state index in [1.54, 1.807) is 30.3 Å². The Bertz CT molecular complexity index is 575. The summed E-state index contributed by atoms with van der Waals surface area (Å²) in [6.07, 6.45) is 0.742. The van der Waals surface area contributed by atoms with Gasteiger partial charge in [0.05, 0.1) is 18.1 Å². The van der Waals surface area contributed by atoms with Crippen LogP contribution in [-0.4, -0.2) is 38.5 Å². The molecule has 0 radical (unpaired) electrons. The van der Waals surface area contributed by atoms with Crippen LogP contribution in [-0.2, 0) is 14.8 Å². The molecule has 0 saturated carbocycles. The molecule has 1 aromatic rings. The van der Waals surface area contributed by atoms with Gasteiger partial charge in [0.25, 0.3) is 0 Å². The first-order valence-electron chi connectivity index (χ1n) is 6.84. The second-order valence-corrected chi connectivity index (χ2v) is 7.06. The molecular formula is C14H22N2O3S. The molecule has 1 aliphatic heterocycles. The lowest BCUT2D eigenvalue weighted by Gasteiger charge is -2.34. The van der Waals surface area contributed by atoms with Gasteiger partial charge in [0.2, 0.25) is 10.0 Å². The fraction of sp³-hybridized carbons (Fsp3) is 0.571. The van der Waals surface area contributed by atoms with Crippen LogP contribution in [0, 0.1) is 13.8 Å². The summed E-state index contributed by atoms with van der Waals surface area (Å²) in [4.78, 5) is 0.382. The molecule has 1 aliphatic rings. The summed E-state index contributed by atoms with van der Waals surface area (Å²) in [7, 11) is -3.50. The number of hydrogen-bond donors (Lipinski definition) is 1. The van der Waals surface area contributed by atoms with Gasteiger partial charge in [-0.2, -0.15) is 4.31 Å². The maximum Gasteiger partial charge on any atom is 0.244 e. The number of sulfonamides is 1. The van der Waals surface area contributed by atoms with Crippen molar-refractivity contribution in [1.82, 2.24) is 4.31 Å². The van der Waals surface area contributed by atoms with Gasteiger partial charge in [-0.25, -0.2) is 8.42 Å². The van der Waals surface area contributed by atoms with Crippen molar-refractivity contribution in [1.29, 1.82) is 0 Å². The molecular weight excluding hydrogens is 276 g/mol.